The topological polar surface area (TPSA) is 44.4 Å². The number of rotatable bonds is 4. The molecule has 110 valence electrons. The average Bonchev–Trinajstić information content (AvgIpc) is 2.41. The first kappa shape index (κ1) is 15.4. The number of anilines is 1. The van der Waals surface area contributed by atoms with Gasteiger partial charge in [0.05, 0.1) is 5.69 Å². The van der Waals surface area contributed by atoms with Crippen LogP contribution in [-0.4, -0.2) is 43.0 Å². The first-order valence-electron chi connectivity index (χ1n) is 6.76. The molecule has 1 aromatic rings. The van der Waals surface area contributed by atoms with Crippen LogP contribution in [0.3, 0.4) is 0 Å². The predicted octanol–water partition coefficient (Wildman–Crippen LogP) is 2.21. The average molecular weight is 344 g/mol. The maximum atomic E-state index is 13.6. The zero-order valence-electron chi connectivity index (χ0n) is 11.5. The molecule has 0 aromatic heterocycles. The molecule has 1 aromatic carbocycles. The fourth-order valence-corrected chi connectivity index (χ4v) is 2.60. The van der Waals surface area contributed by atoms with Gasteiger partial charge in [0.2, 0.25) is 5.91 Å². The number of piperazine rings is 1. The molecule has 1 amide bonds. The Labute approximate surface area is 126 Å². The quantitative estimate of drug-likeness (QED) is 0.880. The fraction of sp³-hybridized carbons (Fsp3) is 0.500. The number of nitrogens with zero attached hydrogens (tertiary/aromatic N) is 1. The second-order valence-electron chi connectivity index (χ2n) is 5.01. The number of halogens is 2. The summed E-state index contributed by atoms with van der Waals surface area (Å²) in [7, 11) is 0. The van der Waals surface area contributed by atoms with Crippen LogP contribution in [0.5, 0.6) is 0 Å². The number of benzene rings is 1. The Morgan fingerprint density at radius 1 is 1.60 bits per heavy atom. The van der Waals surface area contributed by atoms with Crippen molar-refractivity contribution in [2.24, 2.45) is 0 Å². The molecule has 1 aliphatic heterocycles. The molecule has 0 spiro atoms. The van der Waals surface area contributed by atoms with Gasteiger partial charge in [0, 0.05) is 43.1 Å². The second-order valence-corrected chi connectivity index (χ2v) is 5.93. The van der Waals surface area contributed by atoms with Crippen molar-refractivity contribution in [3.05, 3.63) is 28.5 Å². The molecule has 1 aliphatic rings. The number of nitrogens with one attached hydrogen (secondary N) is 2. The van der Waals surface area contributed by atoms with Gasteiger partial charge in [0.1, 0.15) is 5.82 Å². The molecule has 4 nitrogen and oxygen atoms in total. The van der Waals surface area contributed by atoms with E-state index < -0.39 is 5.82 Å². The third kappa shape index (κ3) is 4.26. The molecule has 6 heteroatoms. The Morgan fingerprint density at radius 3 is 3.10 bits per heavy atom. The van der Waals surface area contributed by atoms with Crippen molar-refractivity contribution in [1.82, 2.24) is 10.2 Å². The zero-order valence-corrected chi connectivity index (χ0v) is 13.0. The van der Waals surface area contributed by atoms with Gasteiger partial charge >= 0.3 is 0 Å². The van der Waals surface area contributed by atoms with Crippen LogP contribution in [-0.2, 0) is 4.79 Å². The minimum atomic E-state index is -0.428. The lowest BCUT2D eigenvalue weighted by molar-refractivity contribution is -0.116. The van der Waals surface area contributed by atoms with E-state index in [0.29, 0.717) is 23.5 Å². The minimum Gasteiger partial charge on any atom is -0.324 e. The summed E-state index contributed by atoms with van der Waals surface area (Å²) in [6, 6.07) is 5.04. The monoisotopic (exact) mass is 343 g/mol. The van der Waals surface area contributed by atoms with E-state index in [1.807, 2.05) is 0 Å². The van der Waals surface area contributed by atoms with Crippen LogP contribution >= 0.6 is 15.9 Å². The highest BCUT2D eigenvalue weighted by Gasteiger charge is 2.18. The number of carbonyl (C=O) groups excluding carboxylic acids is 1. The van der Waals surface area contributed by atoms with Crippen LogP contribution in [0.4, 0.5) is 10.1 Å². The van der Waals surface area contributed by atoms with Crippen molar-refractivity contribution in [3.63, 3.8) is 0 Å². The maximum Gasteiger partial charge on any atom is 0.225 e. The first-order valence-corrected chi connectivity index (χ1v) is 7.55. The molecule has 2 N–H and O–H groups in total. The van der Waals surface area contributed by atoms with Crippen LogP contribution in [0.2, 0.25) is 0 Å². The summed E-state index contributed by atoms with van der Waals surface area (Å²) in [6.45, 7) is 5.68. The van der Waals surface area contributed by atoms with Crippen LogP contribution in [0.15, 0.2) is 22.7 Å². The standard InChI is InChI=1S/C14H19BrFN3O/c1-10-9-17-5-7-19(10)6-4-14(20)18-13-3-2-11(15)8-12(13)16/h2-3,8,10,17H,4-7,9H2,1H3,(H,18,20)/t10-/m0/s1. The summed E-state index contributed by atoms with van der Waals surface area (Å²) < 4.78 is 14.3. The summed E-state index contributed by atoms with van der Waals surface area (Å²) in [6.07, 6.45) is 0.375. The molecule has 1 saturated heterocycles. The van der Waals surface area contributed by atoms with E-state index in [4.69, 9.17) is 0 Å². The molecule has 20 heavy (non-hydrogen) atoms. The summed E-state index contributed by atoms with van der Waals surface area (Å²) in [5, 5.41) is 5.92. The molecule has 2 rings (SSSR count). The van der Waals surface area contributed by atoms with Crippen molar-refractivity contribution in [2.75, 3.05) is 31.5 Å². The Kier molecular flexibility index (Phi) is 5.51. The van der Waals surface area contributed by atoms with Crippen LogP contribution in [0.1, 0.15) is 13.3 Å². The van der Waals surface area contributed by atoms with Gasteiger partial charge in [-0.25, -0.2) is 4.39 Å². The molecule has 1 fully saturated rings. The van der Waals surface area contributed by atoms with E-state index in [0.717, 1.165) is 19.6 Å². The highest BCUT2D eigenvalue weighted by atomic mass is 79.9. The Balaban J connectivity index is 1.83. The van der Waals surface area contributed by atoms with Crippen molar-refractivity contribution in [3.8, 4) is 0 Å². The second kappa shape index (κ2) is 7.15. The Morgan fingerprint density at radius 2 is 2.40 bits per heavy atom. The third-order valence-electron chi connectivity index (χ3n) is 3.47. The Bertz CT molecular complexity index is 483. The molecule has 0 unspecified atom stereocenters. The molecule has 0 saturated carbocycles. The molecule has 0 bridgehead atoms. The lowest BCUT2D eigenvalue weighted by Crippen LogP contribution is -2.50. The van der Waals surface area contributed by atoms with E-state index in [-0.39, 0.29) is 11.6 Å². The van der Waals surface area contributed by atoms with Crippen molar-refractivity contribution >= 4 is 27.5 Å². The predicted molar refractivity (Wildman–Crippen MR) is 81.3 cm³/mol. The highest BCUT2D eigenvalue weighted by molar-refractivity contribution is 9.10. The van der Waals surface area contributed by atoms with Crippen molar-refractivity contribution in [1.29, 1.82) is 0 Å². The first-order chi connectivity index (χ1) is 9.56. The summed E-state index contributed by atoms with van der Waals surface area (Å²) in [4.78, 5) is 14.1. The van der Waals surface area contributed by atoms with Crippen LogP contribution in [0.25, 0.3) is 0 Å². The summed E-state index contributed by atoms with van der Waals surface area (Å²) in [5.74, 6) is -0.583. The maximum absolute atomic E-state index is 13.6. The van der Waals surface area contributed by atoms with Gasteiger partial charge in [-0.2, -0.15) is 0 Å². The third-order valence-corrected chi connectivity index (χ3v) is 3.96. The van der Waals surface area contributed by atoms with Gasteiger partial charge < -0.3 is 10.6 Å². The summed E-state index contributed by atoms with van der Waals surface area (Å²) in [5.41, 5.74) is 0.228. The van der Waals surface area contributed by atoms with Crippen molar-refractivity contribution in [2.45, 2.75) is 19.4 Å². The largest absolute Gasteiger partial charge is 0.324 e. The Hall–Kier alpha value is -0.980. The summed E-state index contributed by atoms with van der Waals surface area (Å²) >= 11 is 3.19. The van der Waals surface area contributed by atoms with Gasteiger partial charge in [-0.15, -0.1) is 0 Å². The molecule has 1 heterocycles. The molecule has 0 radical (unpaired) electrons. The minimum absolute atomic E-state index is 0.156. The molecule has 1 atom stereocenters. The molecular formula is C14H19BrFN3O. The number of amides is 1. The lowest BCUT2D eigenvalue weighted by Gasteiger charge is -2.33. The zero-order chi connectivity index (χ0) is 14.5. The smallest absolute Gasteiger partial charge is 0.225 e. The van der Waals surface area contributed by atoms with E-state index >= 15 is 0 Å². The molecule has 0 aliphatic carbocycles. The van der Waals surface area contributed by atoms with Crippen LogP contribution in [0, 0.1) is 5.82 Å². The van der Waals surface area contributed by atoms with Gasteiger partial charge in [0.25, 0.3) is 0 Å². The normalized spacial score (nSPS) is 19.9. The molecular weight excluding hydrogens is 325 g/mol. The fourth-order valence-electron chi connectivity index (χ4n) is 2.26. The SMILES string of the molecule is C[C@H]1CNCCN1CCC(=O)Nc1ccc(Br)cc1F. The van der Waals surface area contributed by atoms with Crippen molar-refractivity contribution < 1.29 is 9.18 Å². The van der Waals surface area contributed by atoms with E-state index in [1.54, 1.807) is 12.1 Å². The highest BCUT2D eigenvalue weighted by Crippen LogP contribution is 2.19. The lowest BCUT2D eigenvalue weighted by atomic mass is 10.2. The van der Waals surface area contributed by atoms with Crippen LogP contribution < -0.4 is 10.6 Å². The van der Waals surface area contributed by atoms with E-state index in [9.17, 15) is 9.18 Å². The van der Waals surface area contributed by atoms with E-state index in [2.05, 4.69) is 38.4 Å². The van der Waals surface area contributed by atoms with Gasteiger partial charge in [-0.1, -0.05) is 15.9 Å². The van der Waals surface area contributed by atoms with Gasteiger partial charge in [-0.05, 0) is 25.1 Å². The van der Waals surface area contributed by atoms with Gasteiger partial charge in [0.15, 0.2) is 0 Å². The van der Waals surface area contributed by atoms with E-state index in [1.165, 1.54) is 6.07 Å². The van der Waals surface area contributed by atoms with Gasteiger partial charge in [-0.3, -0.25) is 9.69 Å². The number of hydrogen-bond donors (Lipinski definition) is 2. The number of carbonyl (C=O) groups is 1. The number of hydrogen-bond acceptors (Lipinski definition) is 3.